The second-order valence-electron chi connectivity index (χ2n) is 2.97. The van der Waals surface area contributed by atoms with Crippen LogP contribution in [0.25, 0.3) is 0 Å². The lowest BCUT2D eigenvalue weighted by molar-refractivity contribution is -0.190. The van der Waals surface area contributed by atoms with E-state index in [1.807, 2.05) is 0 Å². The molecule has 6 heteroatoms. The highest BCUT2D eigenvalue weighted by atomic mass is 16.5. The highest BCUT2D eigenvalue weighted by molar-refractivity contribution is 5.89. The zero-order chi connectivity index (χ0) is 10.2. The van der Waals surface area contributed by atoms with Crippen LogP contribution in [-0.4, -0.2) is 63.8 Å². The molecule has 0 aliphatic heterocycles. The summed E-state index contributed by atoms with van der Waals surface area (Å²) in [5.41, 5.74) is 0. The summed E-state index contributed by atoms with van der Waals surface area (Å²) in [7, 11) is 1.19. The molecule has 0 aromatic carbocycles. The van der Waals surface area contributed by atoms with Crippen molar-refractivity contribution in [3.63, 3.8) is 0 Å². The summed E-state index contributed by atoms with van der Waals surface area (Å²) < 4.78 is 4.61. The van der Waals surface area contributed by atoms with Crippen molar-refractivity contribution in [1.82, 2.24) is 0 Å². The molecule has 13 heavy (non-hydrogen) atoms. The average molecular weight is 192 g/mol. The summed E-state index contributed by atoms with van der Waals surface area (Å²) in [6.07, 6.45) is -7.62. The minimum absolute atomic E-state index is 0.940. The number of hydrogen-bond donors (Lipinski definition) is 4. The molecule has 1 saturated carbocycles. The number of aliphatic hydroxyl groups excluding tert-OH is 4. The van der Waals surface area contributed by atoms with Gasteiger partial charge in [0.05, 0.1) is 0 Å². The van der Waals surface area contributed by atoms with Crippen molar-refractivity contribution in [3.05, 3.63) is 0 Å². The van der Waals surface area contributed by atoms with E-state index in [1.165, 1.54) is 7.11 Å². The minimum Gasteiger partial charge on any atom is -0.387 e. The molecular formula is C7H12O6. The predicted molar refractivity (Wildman–Crippen MR) is 39.8 cm³/mol. The van der Waals surface area contributed by atoms with Gasteiger partial charge in [0.15, 0.2) is 5.78 Å². The second-order valence-corrected chi connectivity index (χ2v) is 2.97. The Hall–Kier alpha value is -0.530. The molecule has 1 aliphatic carbocycles. The molecule has 0 amide bonds. The molecule has 0 saturated heterocycles. The Kier molecular flexibility index (Phi) is 2.99. The summed E-state index contributed by atoms with van der Waals surface area (Å²) in [5.74, 6) is -0.940. The van der Waals surface area contributed by atoms with E-state index < -0.39 is 36.3 Å². The number of ketones is 1. The van der Waals surface area contributed by atoms with E-state index in [9.17, 15) is 15.0 Å². The Morgan fingerprint density at radius 3 is 2.08 bits per heavy atom. The van der Waals surface area contributed by atoms with Crippen molar-refractivity contribution < 1.29 is 30.0 Å². The third kappa shape index (κ3) is 1.59. The SMILES string of the molecule is CO[C@H]1[C@H](O)[C@@H](O)[C@H](O)C(=O)[C@@H]1O. The maximum atomic E-state index is 11.0. The lowest BCUT2D eigenvalue weighted by atomic mass is 9.86. The Morgan fingerprint density at radius 2 is 1.62 bits per heavy atom. The number of rotatable bonds is 1. The molecule has 0 aromatic rings. The number of carbonyl (C=O) groups excluding carboxylic acids is 1. The molecule has 6 nitrogen and oxygen atoms in total. The summed E-state index contributed by atoms with van der Waals surface area (Å²) in [6.45, 7) is 0. The lowest BCUT2D eigenvalue weighted by Gasteiger charge is -2.36. The van der Waals surface area contributed by atoms with E-state index in [0.29, 0.717) is 0 Å². The molecule has 0 unspecified atom stereocenters. The van der Waals surface area contributed by atoms with Crippen molar-refractivity contribution in [2.24, 2.45) is 0 Å². The minimum atomic E-state index is -1.75. The maximum Gasteiger partial charge on any atom is 0.195 e. The van der Waals surface area contributed by atoms with Crippen LogP contribution in [0.15, 0.2) is 0 Å². The Labute approximate surface area is 74.4 Å². The molecule has 0 heterocycles. The molecule has 0 spiro atoms. The number of hydrogen-bond acceptors (Lipinski definition) is 6. The van der Waals surface area contributed by atoms with Crippen molar-refractivity contribution in [3.8, 4) is 0 Å². The largest absolute Gasteiger partial charge is 0.387 e. The van der Waals surface area contributed by atoms with Gasteiger partial charge in [-0.1, -0.05) is 0 Å². The molecule has 0 aromatic heterocycles. The third-order valence-electron chi connectivity index (χ3n) is 2.18. The summed E-state index contributed by atoms with van der Waals surface area (Å²) in [6, 6.07) is 0. The summed E-state index contributed by atoms with van der Waals surface area (Å²) >= 11 is 0. The van der Waals surface area contributed by atoms with Crippen LogP contribution in [0.2, 0.25) is 0 Å². The van der Waals surface area contributed by atoms with Crippen LogP contribution in [0.3, 0.4) is 0 Å². The first-order chi connectivity index (χ1) is 6.00. The quantitative estimate of drug-likeness (QED) is 0.353. The maximum absolute atomic E-state index is 11.0. The van der Waals surface area contributed by atoms with Crippen LogP contribution >= 0.6 is 0 Å². The van der Waals surface area contributed by atoms with Gasteiger partial charge >= 0.3 is 0 Å². The molecular weight excluding hydrogens is 180 g/mol. The second kappa shape index (κ2) is 3.69. The zero-order valence-corrected chi connectivity index (χ0v) is 6.99. The van der Waals surface area contributed by atoms with E-state index >= 15 is 0 Å². The van der Waals surface area contributed by atoms with E-state index in [0.717, 1.165) is 0 Å². The van der Waals surface area contributed by atoms with Crippen LogP contribution in [0.4, 0.5) is 0 Å². The van der Waals surface area contributed by atoms with E-state index in [4.69, 9.17) is 10.2 Å². The van der Waals surface area contributed by atoms with Gasteiger partial charge in [0.25, 0.3) is 0 Å². The zero-order valence-electron chi connectivity index (χ0n) is 6.99. The van der Waals surface area contributed by atoms with Crippen LogP contribution in [0.1, 0.15) is 0 Å². The normalized spacial score (nSPS) is 46.5. The van der Waals surface area contributed by atoms with E-state index in [1.54, 1.807) is 0 Å². The van der Waals surface area contributed by atoms with Crippen LogP contribution < -0.4 is 0 Å². The van der Waals surface area contributed by atoms with E-state index in [-0.39, 0.29) is 0 Å². The number of Topliss-reactive ketones (excluding diaryl/α,β-unsaturated/α-hetero) is 1. The van der Waals surface area contributed by atoms with Gasteiger partial charge in [0.2, 0.25) is 0 Å². The standard InChI is InChI=1S/C7H12O6/c1-13-7-5(11)3(9)2(8)4(10)6(7)12/h2-3,5-9,11-12H,1H3/t2-,3-,5+,6-,7-/m0/s1. The van der Waals surface area contributed by atoms with Crippen LogP contribution in [0.5, 0.6) is 0 Å². The van der Waals surface area contributed by atoms with Gasteiger partial charge in [-0.05, 0) is 0 Å². The van der Waals surface area contributed by atoms with E-state index in [2.05, 4.69) is 4.74 Å². The van der Waals surface area contributed by atoms with Gasteiger partial charge in [0.1, 0.15) is 30.5 Å². The molecule has 5 atom stereocenters. The fraction of sp³-hybridized carbons (Fsp3) is 0.857. The number of carbonyl (C=O) groups is 1. The Morgan fingerprint density at radius 1 is 1.08 bits per heavy atom. The monoisotopic (exact) mass is 192 g/mol. The fourth-order valence-electron chi connectivity index (χ4n) is 1.34. The summed E-state index contributed by atoms with van der Waals surface area (Å²) in [4.78, 5) is 11.0. The number of methoxy groups -OCH3 is 1. The van der Waals surface area contributed by atoms with Crippen LogP contribution in [0, 0.1) is 0 Å². The van der Waals surface area contributed by atoms with Gasteiger partial charge in [-0.2, -0.15) is 0 Å². The molecule has 0 radical (unpaired) electrons. The third-order valence-corrected chi connectivity index (χ3v) is 2.18. The topological polar surface area (TPSA) is 107 Å². The molecule has 1 rings (SSSR count). The van der Waals surface area contributed by atoms with Crippen molar-refractivity contribution in [1.29, 1.82) is 0 Å². The van der Waals surface area contributed by atoms with Crippen molar-refractivity contribution in [2.75, 3.05) is 7.11 Å². The first-order valence-corrected chi connectivity index (χ1v) is 3.79. The Bertz CT molecular complexity index is 205. The van der Waals surface area contributed by atoms with Gasteiger partial charge in [-0.3, -0.25) is 4.79 Å². The van der Waals surface area contributed by atoms with Crippen molar-refractivity contribution in [2.45, 2.75) is 30.5 Å². The lowest BCUT2D eigenvalue weighted by Crippen LogP contribution is -2.62. The first-order valence-electron chi connectivity index (χ1n) is 3.79. The number of aliphatic hydroxyl groups is 4. The first kappa shape index (κ1) is 10.6. The van der Waals surface area contributed by atoms with Crippen molar-refractivity contribution >= 4 is 5.78 Å². The van der Waals surface area contributed by atoms with Gasteiger partial charge < -0.3 is 25.2 Å². The molecule has 0 bridgehead atoms. The molecule has 76 valence electrons. The fourth-order valence-corrected chi connectivity index (χ4v) is 1.34. The summed E-state index contributed by atoms with van der Waals surface area (Å²) in [5, 5.41) is 36.6. The van der Waals surface area contributed by atoms with Gasteiger partial charge in [-0.15, -0.1) is 0 Å². The van der Waals surface area contributed by atoms with Gasteiger partial charge in [-0.25, -0.2) is 0 Å². The highest BCUT2D eigenvalue weighted by Gasteiger charge is 2.48. The number of ether oxygens (including phenoxy) is 1. The highest BCUT2D eigenvalue weighted by Crippen LogP contribution is 2.19. The smallest absolute Gasteiger partial charge is 0.195 e. The Balaban J connectivity index is 2.85. The molecule has 4 N–H and O–H groups in total. The average Bonchev–Trinajstić information content (AvgIpc) is 2.13. The van der Waals surface area contributed by atoms with Gasteiger partial charge in [0, 0.05) is 7.11 Å². The predicted octanol–water partition coefficient (Wildman–Crippen LogP) is -2.97. The molecule has 1 aliphatic rings. The molecule has 1 fully saturated rings. The van der Waals surface area contributed by atoms with Crippen LogP contribution in [-0.2, 0) is 9.53 Å².